The second-order valence-corrected chi connectivity index (χ2v) is 8.51. The van der Waals surface area contributed by atoms with Gasteiger partial charge in [0.1, 0.15) is 0 Å². The van der Waals surface area contributed by atoms with Gasteiger partial charge in [-0.2, -0.15) is 0 Å². The van der Waals surface area contributed by atoms with E-state index in [1.54, 1.807) is 0 Å². The molecule has 0 radical (unpaired) electrons. The van der Waals surface area contributed by atoms with Crippen molar-refractivity contribution < 1.29 is 4.79 Å². The predicted octanol–water partition coefficient (Wildman–Crippen LogP) is 3.08. The molecule has 3 fully saturated rings. The van der Waals surface area contributed by atoms with E-state index in [0.717, 1.165) is 44.8 Å². The van der Waals surface area contributed by atoms with Crippen molar-refractivity contribution in [3.8, 4) is 0 Å². The molecule has 1 aromatic carbocycles. The number of carbonyl (C=O) groups excluding carboxylic acids is 1. The molecule has 0 spiro atoms. The summed E-state index contributed by atoms with van der Waals surface area (Å²) in [6, 6.07) is 12.5. The molecule has 0 saturated carbocycles. The number of rotatable bonds is 6. The van der Waals surface area contributed by atoms with Crippen molar-refractivity contribution in [3.05, 3.63) is 35.9 Å². The van der Waals surface area contributed by atoms with Gasteiger partial charge < -0.3 is 10.6 Å². The summed E-state index contributed by atoms with van der Waals surface area (Å²) >= 11 is 0. The SMILES string of the molecule is O=C(CCC1CCNCC1)NC1CC2CCC(C1)N2Cc1ccccc1. The summed E-state index contributed by atoms with van der Waals surface area (Å²) in [5.74, 6) is 1.02. The van der Waals surface area contributed by atoms with Gasteiger partial charge in [0.2, 0.25) is 5.91 Å². The predicted molar refractivity (Wildman–Crippen MR) is 105 cm³/mol. The van der Waals surface area contributed by atoms with E-state index in [0.29, 0.717) is 24.5 Å². The fourth-order valence-corrected chi connectivity index (χ4v) is 5.25. The Balaban J connectivity index is 1.24. The lowest BCUT2D eigenvalue weighted by molar-refractivity contribution is -0.122. The molecule has 4 rings (SSSR count). The number of hydrogen-bond donors (Lipinski definition) is 2. The van der Waals surface area contributed by atoms with Crippen molar-refractivity contribution in [2.75, 3.05) is 13.1 Å². The van der Waals surface area contributed by atoms with Gasteiger partial charge in [-0.05, 0) is 69.5 Å². The summed E-state index contributed by atoms with van der Waals surface area (Å²) in [4.78, 5) is 15.1. The van der Waals surface area contributed by atoms with Crippen LogP contribution in [0.25, 0.3) is 0 Å². The topological polar surface area (TPSA) is 44.4 Å². The van der Waals surface area contributed by atoms with Gasteiger partial charge in [0, 0.05) is 31.1 Å². The molecule has 1 amide bonds. The average Bonchev–Trinajstić information content (AvgIpc) is 2.90. The number of nitrogens with one attached hydrogen (secondary N) is 2. The maximum atomic E-state index is 12.4. The minimum atomic E-state index is 0.282. The van der Waals surface area contributed by atoms with Crippen LogP contribution < -0.4 is 10.6 Å². The van der Waals surface area contributed by atoms with Crippen LogP contribution in [-0.4, -0.2) is 42.0 Å². The number of benzene rings is 1. The van der Waals surface area contributed by atoms with Crippen molar-refractivity contribution in [1.29, 1.82) is 0 Å². The van der Waals surface area contributed by atoms with Crippen molar-refractivity contribution in [3.63, 3.8) is 0 Å². The first-order valence-electron chi connectivity index (χ1n) is 10.6. The van der Waals surface area contributed by atoms with E-state index in [9.17, 15) is 4.79 Å². The molecule has 0 aliphatic carbocycles. The monoisotopic (exact) mass is 355 g/mol. The molecule has 2 N–H and O–H groups in total. The van der Waals surface area contributed by atoms with E-state index in [1.165, 1.54) is 31.2 Å². The number of nitrogens with zero attached hydrogens (tertiary/aromatic N) is 1. The lowest BCUT2D eigenvalue weighted by Crippen LogP contribution is -2.50. The zero-order valence-electron chi connectivity index (χ0n) is 15.8. The first kappa shape index (κ1) is 18.0. The normalized spacial score (nSPS) is 29.6. The lowest BCUT2D eigenvalue weighted by Gasteiger charge is -2.39. The van der Waals surface area contributed by atoms with E-state index >= 15 is 0 Å². The minimum absolute atomic E-state index is 0.282. The second kappa shape index (κ2) is 8.53. The van der Waals surface area contributed by atoms with Gasteiger partial charge in [-0.25, -0.2) is 0 Å². The van der Waals surface area contributed by atoms with Crippen LogP contribution in [0.1, 0.15) is 56.9 Å². The third-order valence-electron chi connectivity index (χ3n) is 6.70. The third kappa shape index (κ3) is 4.47. The molecule has 26 heavy (non-hydrogen) atoms. The first-order chi connectivity index (χ1) is 12.8. The van der Waals surface area contributed by atoms with Gasteiger partial charge in [-0.1, -0.05) is 30.3 Å². The second-order valence-electron chi connectivity index (χ2n) is 8.51. The molecule has 0 aromatic heterocycles. The Morgan fingerprint density at radius 3 is 2.42 bits per heavy atom. The molecule has 4 heteroatoms. The zero-order valence-corrected chi connectivity index (χ0v) is 15.8. The van der Waals surface area contributed by atoms with Crippen LogP contribution in [0.15, 0.2) is 30.3 Å². The summed E-state index contributed by atoms with van der Waals surface area (Å²) in [5.41, 5.74) is 1.41. The molecule has 3 heterocycles. The highest BCUT2D eigenvalue weighted by atomic mass is 16.1. The third-order valence-corrected chi connectivity index (χ3v) is 6.70. The van der Waals surface area contributed by atoms with Crippen molar-refractivity contribution in [2.45, 2.75) is 76.0 Å². The van der Waals surface area contributed by atoms with Crippen LogP contribution in [0, 0.1) is 5.92 Å². The van der Waals surface area contributed by atoms with Crippen molar-refractivity contribution in [2.24, 2.45) is 5.92 Å². The standard InChI is InChI=1S/C22H33N3O/c26-22(9-6-17-10-12-23-13-11-17)24-19-14-20-7-8-21(15-19)25(20)16-18-4-2-1-3-5-18/h1-5,17,19-21,23H,6-16H2,(H,24,26). The Bertz CT molecular complexity index is 570. The summed E-state index contributed by atoms with van der Waals surface area (Å²) < 4.78 is 0. The molecular weight excluding hydrogens is 322 g/mol. The molecule has 2 bridgehead atoms. The Kier molecular flexibility index (Phi) is 5.91. The molecule has 2 unspecified atom stereocenters. The smallest absolute Gasteiger partial charge is 0.220 e. The summed E-state index contributed by atoms with van der Waals surface area (Å²) in [6.07, 6.45) is 9.07. The number of hydrogen-bond acceptors (Lipinski definition) is 3. The quantitative estimate of drug-likeness (QED) is 0.824. The van der Waals surface area contributed by atoms with E-state index in [4.69, 9.17) is 0 Å². The van der Waals surface area contributed by atoms with Crippen LogP contribution in [0.4, 0.5) is 0 Å². The van der Waals surface area contributed by atoms with Gasteiger partial charge in [0.25, 0.3) is 0 Å². The van der Waals surface area contributed by atoms with Crippen LogP contribution in [-0.2, 0) is 11.3 Å². The molecule has 4 nitrogen and oxygen atoms in total. The van der Waals surface area contributed by atoms with Crippen molar-refractivity contribution in [1.82, 2.24) is 15.5 Å². The van der Waals surface area contributed by atoms with Gasteiger partial charge >= 0.3 is 0 Å². The van der Waals surface area contributed by atoms with Crippen molar-refractivity contribution >= 4 is 5.91 Å². The fourth-order valence-electron chi connectivity index (χ4n) is 5.25. The van der Waals surface area contributed by atoms with Gasteiger partial charge in [0.15, 0.2) is 0 Å². The lowest BCUT2D eigenvalue weighted by atomic mass is 9.92. The largest absolute Gasteiger partial charge is 0.353 e. The molecule has 3 aliphatic heterocycles. The molecule has 3 saturated heterocycles. The number of amides is 1. The van der Waals surface area contributed by atoms with E-state index in [2.05, 4.69) is 45.9 Å². The van der Waals surface area contributed by atoms with E-state index in [1.807, 2.05) is 0 Å². The summed E-state index contributed by atoms with van der Waals surface area (Å²) in [6.45, 7) is 3.30. The Hall–Kier alpha value is -1.39. The molecule has 142 valence electrons. The van der Waals surface area contributed by atoms with E-state index in [-0.39, 0.29) is 5.91 Å². The molecule has 3 aliphatic rings. The average molecular weight is 356 g/mol. The summed E-state index contributed by atoms with van der Waals surface area (Å²) in [7, 11) is 0. The van der Waals surface area contributed by atoms with Crippen LogP contribution >= 0.6 is 0 Å². The number of piperidine rings is 2. The zero-order chi connectivity index (χ0) is 17.8. The Morgan fingerprint density at radius 1 is 1.04 bits per heavy atom. The van der Waals surface area contributed by atoms with Crippen LogP contribution in [0.2, 0.25) is 0 Å². The maximum absolute atomic E-state index is 12.4. The fraction of sp³-hybridized carbons (Fsp3) is 0.682. The van der Waals surface area contributed by atoms with E-state index < -0.39 is 0 Å². The minimum Gasteiger partial charge on any atom is -0.353 e. The first-order valence-corrected chi connectivity index (χ1v) is 10.6. The summed E-state index contributed by atoms with van der Waals surface area (Å²) in [5, 5.41) is 6.76. The highest BCUT2D eigenvalue weighted by Gasteiger charge is 2.40. The van der Waals surface area contributed by atoms with Crippen LogP contribution in [0.5, 0.6) is 0 Å². The van der Waals surface area contributed by atoms with Crippen LogP contribution in [0.3, 0.4) is 0 Å². The molecule has 1 aromatic rings. The van der Waals surface area contributed by atoms with Gasteiger partial charge in [0.05, 0.1) is 0 Å². The highest BCUT2D eigenvalue weighted by Crippen LogP contribution is 2.36. The highest BCUT2D eigenvalue weighted by molar-refractivity contribution is 5.76. The van der Waals surface area contributed by atoms with Gasteiger partial charge in [-0.15, -0.1) is 0 Å². The molecule has 2 atom stereocenters. The number of carbonyl (C=O) groups is 1. The molecular formula is C22H33N3O. The maximum Gasteiger partial charge on any atom is 0.220 e. The van der Waals surface area contributed by atoms with Gasteiger partial charge in [-0.3, -0.25) is 9.69 Å². The number of fused-ring (bicyclic) bond motifs is 2. The Morgan fingerprint density at radius 2 is 1.73 bits per heavy atom. The Labute approximate surface area is 157 Å².